The van der Waals surface area contributed by atoms with Crippen LogP contribution in [0.4, 0.5) is 0 Å². The summed E-state index contributed by atoms with van der Waals surface area (Å²) in [5.74, 6) is 1.80. The molecule has 1 aliphatic rings. The van der Waals surface area contributed by atoms with Gasteiger partial charge in [-0.2, -0.15) is 0 Å². The van der Waals surface area contributed by atoms with Crippen LogP contribution in [0.5, 0.6) is 0 Å². The van der Waals surface area contributed by atoms with Crippen molar-refractivity contribution in [2.75, 3.05) is 7.05 Å². The van der Waals surface area contributed by atoms with E-state index in [1.165, 1.54) is 19.3 Å². The predicted molar refractivity (Wildman–Crippen MR) is 58.9 cm³/mol. The van der Waals surface area contributed by atoms with Gasteiger partial charge in [-0.05, 0) is 38.6 Å². The molecule has 1 nitrogen and oxygen atoms in total. The largest absolute Gasteiger partial charge is 0.300 e. The zero-order valence-corrected chi connectivity index (χ0v) is 9.88. The van der Waals surface area contributed by atoms with Gasteiger partial charge in [0.25, 0.3) is 0 Å². The van der Waals surface area contributed by atoms with E-state index in [0.29, 0.717) is 0 Å². The van der Waals surface area contributed by atoms with Crippen LogP contribution >= 0.6 is 0 Å². The molecule has 1 aliphatic heterocycles. The van der Waals surface area contributed by atoms with Crippen molar-refractivity contribution in [1.82, 2.24) is 4.90 Å². The number of likely N-dealkylation sites (tertiary alicyclic amines) is 1. The smallest absolute Gasteiger partial charge is 0.0121 e. The number of nitrogens with zero attached hydrogens (tertiary/aromatic N) is 1. The minimum Gasteiger partial charge on any atom is -0.300 e. The molecule has 0 N–H and O–H groups in total. The van der Waals surface area contributed by atoms with Crippen molar-refractivity contribution in [1.29, 1.82) is 0 Å². The molecular formula is C12H25N. The van der Waals surface area contributed by atoms with Gasteiger partial charge in [0.1, 0.15) is 0 Å². The van der Waals surface area contributed by atoms with E-state index in [-0.39, 0.29) is 0 Å². The summed E-state index contributed by atoms with van der Waals surface area (Å²) < 4.78 is 0. The molecule has 0 amide bonds. The van der Waals surface area contributed by atoms with Crippen LogP contribution in [0.2, 0.25) is 0 Å². The van der Waals surface area contributed by atoms with Gasteiger partial charge in [-0.1, -0.05) is 27.2 Å². The molecule has 1 rings (SSSR count). The Bertz CT molecular complexity index is 153. The zero-order chi connectivity index (χ0) is 10.0. The van der Waals surface area contributed by atoms with E-state index >= 15 is 0 Å². The first-order chi connectivity index (χ1) is 6.11. The van der Waals surface area contributed by atoms with Gasteiger partial charge < -0.3 is 4.90 Å². The van der Waals surface area contributed by atoms with E-state index in [2.05, 4.69) is 39.6 Å². The Morgan fingerprint density at radius 1 is 1.15 bits per heavy atom. The highest BCUT2D eigenvalue weighted by Gasteiger charge is 2.34. The molecular weight excluding hydrogens is 158 g/mol. The summed E-state index contributed by atoms with van der Waals surface area (Å²) in [7, 11) is 2.30. The van der Waals surface area contributed by atoms with Gasteiger partial charge in [0.2, 0.25) is 0 Å². The maximum absolute atomic E-state index is 2.60. The van der Waals surface area contributed by atoms with Crippen LogP contribution in [0, 0.1) is 11.8 Å². The first-order valence-electron chi connectivity index (χ1n) is 5.83. The maximum atomic E-state index is 2.60. The van der Waals surface area contributed by atoms with Crippen LogP contribution in [-0.4, -0.2) is 24.0 Å². The van der Waals surface area contributed by atoms with Crippen molar-refractivity contribution < 1.29 is 0 Å². The predicted octanol–water partition coefficient (Wildman–Crippen LogP) is 3.15. The average molecular weight is 183 g/mol. The molecule has 0 spiro atoms. The van der Waals surface area contributed by atoms with E-state index in [1.807, 2.05) is 0 Å². The van der Waals surface area contributed by atoms with Gasteiger partial charge in [-0.25, -0.2) is 0 Å². The van der Waals surface area contributed by atoms with E-state index in [4.69, 9.17) is 0 Å². The van der Waals surface area contributed by atoms with E-state index in [9.17, 15) is 0 Å². The highest BCUT2D eigenvalue weighted by Crippen LogP contribution is 2.34. The van der Waals surface area contributed by atoms with Crippen molar-refractivity contribution >= 4 is 0 Å². The Morgan fingerprint density at radius 3 is 2.23 bits per heavy atom. The van der Waals surface area contributed by atoms with Gasteiger partial charge in [0.05, 0.1) is 0 Å². The van der Waals surface area contributed by atoms with Crippen molar-refractivity contribution in [2.24, 2.45) is 11.8 Å². The number of hydrogen-bond donors (Lipinski definition) is 0. The minimum absolute atomic E-state index is 0.771. The van der Waals surface area contributed by atoms with Crippen LogP contribution < -0.4 is 0 Å². The van der Waals surface area contributed by atoms with Crippen molar-refractivity contribution in [3.8, 4) is 0 Å². The van der Waals surface area contributed by atoms with Crippen molar-refractivity contribution in [2.45, 2.75) is 59.0 Å². The number of hydrogen-bond acceptors (Lipinski definition) is 1. The Hall–Kier alpha value is -0.0400. The van der Waals surface area contributed by atoms with Crippen LogP contribution in [0.3, 0.4) is 0 Å². The molecule has 1 fully saturated rings. The lowest BCUT2D eigenvalue weighted by molar-refractivity contribution is 0.0308. The summed E-state index contributed by atoms with van der Waals surface area (Å²) in [6.07, 6.45) is 4.09. The monoisotopic (exact) mass is 183 g/mol. The molecule has 13 heavy (non-hydrogen) atoms. The normalized spacial score (nSPS) is 42.2. The molecule has 1 saturated heterocycles. The summed E-state index contributed by atoms with van der Waals surface area (Å²) in [5.41, 5.74) is 0. The third kappa shape index (κ3) is 2.07. The molecule has 78 valence electrons. The zero-order valence-electron chi connectivity index (χ0n) is 9.88. The SMILES string of the molecule is CC[C@@H]1CC(C)C(C)N(C)[C@@H]1CC. The van der Waals surface area contributed by atoms with Crippen molar-refractivity contribution in [3.63, 3.8) is 0 Å². The van der Waals surface area contributed by atoms with E-state index in [0.717, 1.165) is 23.9 Å². The first-order valence-corrected chi connectivity index (χ1v) is 5.83. The topological polar surface area (TPSA) is 3.24 Å². The van der Waals surface area contributed by atoms with Crippen LogP contribution in [0.25, 0.3) is 0 Å². The lowest BCUT2D eigenvalue weighted by atomic mass is 9.78. The molecule has 0 aromatic heterocycles. The molecule has 0 aliphatic carbocycles. The highest BCUT2D eigenvalue weighted by atomic mass is 15.2. The molecule has 1 heteroatoms. The third-order valence-electron chi connectivity index (χ3n) is 4.15. The van der Waals surface area contributed by atoms with E-state index < -0.39 is 0 Å². The summed E-state index contributed by atoms with van der Waals surface area (Å²) in [5, 5.41) is 0. The Kier molecular flexibility index (Phi) is 3.78. The lowest BCUT2D eigenvalue weighted by Crippen LogP contribution is -2.50. The molecule has 0 aromatic rings. The number of rotatable bonds is 2. The van der Waals surface area contributed by atoms with Crippen molar-refractivity contribution in [3.05, 3.63) is 0 Å². The average Bonchev–Trinajstić information content (AvgIpc) is 2.13. The second kappa shape index (κ2) is 4.45. The van der Waals surface area contributed by atoms with Crippen LogP contribution in [0.1, 0.15) is 47.0 Å². The summed E-state index contributed by atoms with van der Waals surface area (Å²) >= 11 is 0. The standard InChI is InChI=1S/C12H25N/c1-6-11-8-9(3)10(4)13(5)12(11)7-2/h9-12H,6-8H2,1-5H3/t9?,10?,11-,12-/m1/s1. The fourth-order valence-corrected chi connectivity index (χ4v) is 2.93. The van der Waals surface area contributed by atoms with Gasteiger partial charge in [-0.3, -0.25) is 0 Å². The van der Waals surface area contributed by atoms with Gasteiger partial charge in [0, 0.05) is 12.1 Å². The molecule has 2 unspecified atom stereocenters. The number of piperidine rings is 1. The quantitative estimate of drug-likeness (QED) is 0.635. The maximum Gasteiger partial charge on any atom is 0.0121 e. The van der Waals surface area contributed by atoms with E-state index in [1.54, 1.807) is 0 Å². The third-order valence-corrected chi connectivity index (χ3v) is 4.15. The highest BCUT2D eigenvalue weighted by molar-refractivity contribution is 4.88. The van der Waals surface area contributed by atoms with Gasteiger partial charge >= 0.3 is 0 Å². The second-order valence-electron chi connectivity index (χ2n) is 4.76. The summed E-state index contributed by atoms with van der Waals surface area (Å²) in [4.78, 5) is 2.60. The molecule has 0 bridgehead atoms. The Morgan fingerprint density at radius 2 is 1.77 bits per heavy atom. The Balaban J connectivity index is 2.69. The first kappa shape index (κ1) is 11.0. The van der Waals surface area contributed by atoms with Crippen LogP contribution in [-0.2, 0) is 0 Å². The fraction of sp³-hybridized carbons (Fsp3) is 1.00. The molecule has 4 atom stereocenters. The summed E-state index contributed by atoms with van der Waals surface area (Å²) in [6, 6.07) is 1.60. The molecule has 0 saturated carbocycles. The molecule has 1 heterocycles. The van der Waals surface area contributed by atoms with Gasteiger partial charge in [-0.15, -0.1) is 0 Å². The second-order valence-corrected chi connectivity index (χ2v) is 4.76. The Labute approximate surface area is 83.5 Å². The summed E-state index contributed by atoms with van der Waals surface area (Å²) in [6.45, 7) is 9.44. The van der Waals surface area contributed by atoms with Gasteiger partial charge in [0.15, 0.2) is 0 Å². The van der Waals surface area contributed by atoms with Crippen LogP contribution in [0.15, 0.2) is 0 Å². The molecule has 0 aromatic carbocycles. The fourth-order valence-electron chi connectivity index (χ4n) is 2.93. The lowest BCUT2D eigenvalue weighted by Gasteiger charge is -2.46. The molecule has 0 radical (unpaired) electrons. The minimum atomic E-state index is 0.771.